The molecule has 1 amide bonds. The van der Waals surface area contributed by atoms with Crippen molar-refractivity contribution in [3.05, 3.63) is 28.2 Å². The van der Waals surface area contributed by atoms with Crippen LogP contribution in [-0.4, -0.2) is 29.0 Å². The van der Waals surface area contributed by atoms with Gasteiger partial charge in [-0.3, -0.25) is 4.79 Å². The van der Waals surface area contributed by atoms with E-state index in [0.717, 1.165) is 10.9 Å². The number of rotatable bonds is 2. The molecule has 1 saturated carbocycles. The van der Waals surface area contributed by atoms with Gasteiger partial charge in [0.05, 0.1) is 5.56 Å². The fraction of sp³-hybridized carbons (Fsp3) is 0.533. The van der Waals surface area contributed by atoms with E-state index in [1.807, 2.05) is 7.05 Å². The van der Waals surface area contributed by atoms with Gasteiger partial charge >= 0.3 is 0 Å². The van der Waals surface area contributed by atoms with Gasteiger partial charge in [0.25, 0.3) is 5.91 Å². The second-order valence-electron chi connectivity index (χ2n) is 5.41. The highest BCUT2D eigenvalue weighted by Gasteiger charge is 2.29. The molecule has 0 aromatic heterocycles. The number of hydrogen-bond acceptors (Lipinski definition) is 2. The van der Waals surface area contributed by atoms with E-state index in [9.17, 15) is 9.90 Å². The zero-order valence-corrected chi connectivity index (χ0v) is 13.0. The fourth-order valence-corrected chi connectivity index (χ4v) is 3.25. The summed E-state index contributed by atoms with van der Waals surface area (Å²) in [5.41, 5.74) is 0.378. The lowest BCUT2D eigenvalue weighted by molar-refractivity contribution is 0.0626. The van der Waals surface area contributed by atoms with Crippen LogP contribution in [0, 0.1) is 5.92 Å². The van der Waals surface area contributed by atoms with Crippen molar-refractivity contribution in [3.63, 3.8) is 0 Å². The van der Waals surface area contributed by atoms with E-state index in [0.29, 0.717) is 11.5 Å². The van der Waals surface area contributed by atoms with Gasteiger partial charge in [0.2, 0.25) is 0 Å². The number of phenolic OH excluding ortho intramolecular Hbond substituents is 1. The summed E-state index contributed by atoms with van der Waals surface area (Å²) in [7, 11) is 1.84. The molecule has 19 heavy (non-hydrogen) atoms. The van der Waals surface area contributed by atoms with Crippen molar-refractivity contribution >= 4 is 21.8 Å². The van der Waals surface area contributed by atoms with Crippen LogP contribution in [0.5, 0.6) is 5.75 Å². The monoisotopic (exact) mass is 325 g/mol. The molecule has 2 atom stereocenters. The first-order valence-corrected chi connectivity index (χ1v) is 7.55. The molecule has 1 aliphatic rings. The Morgan fingerprint density at radius 2 is 2.05 bits per heavy atom. The minimum Gasteiger partial charge on any atom is -0.507 e. The van der Waals surface area contributed by atoms with Crippen LogP contribution < -0.4 is 0 Å². The summed E-state index contributed by atoms with van der Waals surface area (Å²) in [6.45, 7) is 2.20. The van der Waals surface area contributed by atoms with Gasteiger partial charge in [-0.25, -0.2) is 0 Å². The average molecular weight is 326 g/mol. The van der Waals surface area contributed by atoms with Gasteiger partial charge in [-0.15, -0.1) is 0 Å². The summed E-state index contributed by atoms with van der Waals surface area (Å²) in [5, 5.41) is 9.90. The lowest BCUT2D eigenvalue weighted by atomic mass is 9.85. The summed E-state index contributed by atoms with van der Waals surface area (Å²) in [5.74, 6) is 0.471. The lowest BCUT2D eigenvalue weighted by Crippen LogP contribution is -2.42. The van der Waals surface area contributed by atoms with Gasteiger partial charge in [0.1, 0.15) is 5.75 Å². The minimum atomic E-state index is -0.0937. The van der Waals surface area contributed by atoms with Gasteiger partial charge < -0.3 is 10.0 Å². The smallest absolute Gasteiger partial charge is 0.257 e. The third kappa shape index (κ3) is 3.11. The normalized spacial score (nSPS) is 23.1. The highest BCUT2D eigenvalue weighted by Crippen LogP contribution is 2.30. The molecule has 4 heteroatoms. The van der Waals surface area contributed by atoms with Crippen molar-refractivity contribution in [1.82, 2.24) is 4.90 Å². The van der Waals surface area contributed by atoms with Gasteiger partial charge in [-0.2, -0.15) is 0 Å². The van der Waals surface area contributed by atoms with Crippen LogP contribution in [-0.2, 0) is 0 Å². The molecule has 1 N–H and O–H groups in total. The van der Waals surface area contributed by atoms with E-state index >= 15 is 0 Å². The minimum absolute atomic E-state index is 0.0367. The molecule has 1 fully saturated rings. The van der Waals surface area contributed by atoms with Gasteiger partial charge in [-0.05, 0) is 37.0 Å². The van der Waals surface area contributed by atoms with E-state index in [1.165, 1.54) is 19.3 Å². The molecule has 1 aliphatic carbocycles. The molecule has 0 radical (unpaired) electrons. The lowest BCUT2D eigenvalue weighted by Gasteiger charge is -2.36. The highest BCUT2D eigenvalue weighted by molar-refractivity contribution is 9.10. The maximum absolute atomic E-state index is 12.5. The number of phenols is 1. The van der Waals surface area contributed by atoms with Crippen molar-refractivity contribution in [2.75, 3.05) is 7.05 Å². The molecule has 104 valence electrons. The molecular weight excluding hydrogens is 306 g/mol. The maximum Gasteiger partial charge on any atom is 0.257 e. The van der Waals surface area contributed by atoms with Crippen LogP contribution in [0.3, 0.4) is 0 Å². The molecule has 0 aliphatic heterocycles. The summed E-state index contributed by atoms with van der Waals surface area (Å²) in [6, 6.07) is 5.30. The molecule has 0 heterocycles. The SMILES string of the molecule is CC1CCCCC1N(C)C(=O)c1ccc(Br)cc1O. The zero-order chi connectivity index (χ0) is 14.0. The number of benzene rings is 1. The van der Waals surface area contributed by atoms with E-state index in [4.69, 9.17) is 0 Å². The van der Waals surface area contributed by atoms with Crippen molar-refractivity contribution < 1.29 is 9.90 Å². The first kappa shape index (κ1) is 14.4. The Morgan fingerprint density at radius 3 is 2.68 bits per heavy atom. The van der Waals surface area contributed by atoms with Crippen LogP contribution >= 0.6 is 15.9 Å². The maximum atomic E-state index is 12.5. The average Bonchev–Trinajstić information content (AvgIpc) is 2.38. The van der Waals surface area contributed by atoms with E-state index in [2.05, 4.69) is 22.9 Å². The summed E-state index contributed by atoms with van der Waals surface area (Å²) < 4.78 is 0.773. The molecular formula is C15H20BrNO2. The Labute approximate surface area is 122 Å². The number of nitrogens with zero attached hydrogens (tertiary/aromatic N) is 1. The van der Waals surface area contributed by atoms with E-state index in [-0.39, 0.29) is 17.7 Å². The third-order valence-electron chi connectivity index (χ3n) is 4.07. The van der Waals surface area contributed by atoms with Crippen molar-refractivity contribution in [1.29, 1.82) is 0 Å². The van der Waals surface area contributed by atoms with Crippen LogP contribution in [0.25, 0.3) is 0 Å². The Bertz CT molecular complexity index is 475. The fourth-order valence-electron chi connectivity index (χ4n) is 2.90. The second kappa shape index (κ2) is 5.95. The number of carbonyl (C=O) groups excluding carboxylic acids is 1. The van der Waals surface area contributed by atoms with Crippen molar-refractivity contribution in [2.45, 2.75) is 38.6 Å². The predicted molar refractivity (Wildman–Crippen MR) is 79.3 cm³/mol. The standard InChI is InChI=1S/C15H20BrNO2/c1-10-5-3-4-6-13(10)17(2)15(19)12-8-7-11(16)9-14(12)18/h7-10,13,18H,3-6H2,1-2H3. The van der Waals surface area contributed by atoms with E-state index < -0.39 is 0 Å². The molecule has 1 aromatic carbocycles. The van der Waals surface area contributed by atoms with Gasteiger partial charge in [-0.1, -0.05) is 35.7 Å². The highest BCUT2D eigenvalue weighted by atomic mass is 79.9. The Hall–Kier alpha value is -1.03. The number of carbonyl (C=O) groups is 1. The van der Waals surface area contributed by atoms with Crippen LogP contribution in [0.2, 0.25) is 0 Å². The summed E-state index contributed by atoms with van der Waals surface area (Å²) in [4.78, 5) is 14.3. The van der Waals surface area contributed by atoms with Crippen molar-refractivity contribution in [3.8, 4) is 5.75 Å². The number of halogens is 1. The molecule has 1 aromatic rings. The Balaban J connectivity index is 2.18. The Morgan fingerprint density at radius 1 is 1.37 bits per heavy atom. The third-order valence-corrected chi connectivity index (χ3v) is 4.57. The zero-order valence-electron chi connectivity index (χ0n) is 11.4. The van der Waals surface area contributed by atoms with Crippen LogP contribution in [0.1, 0.15) is 43.0 Å². The largest absolute Gasteiger partial charge is 0.507 e. The molecule has 2 rings (SSSR count). The van der Waals surface area contributed by atoms with Crippen LogP contribution in [0.15, 0.2) is 22.7 Å². The quantitative estimate of drug-likeness (QED) is 0.898. The summed E-state index contributed by atoms with van der Waals surface area (Å²) in [6.07, 6.45) is 4.66. The van der Waals surface area contributed by atoms with Gasteiger partial charge in [0, 0.05) is 17.6 Å². The molecule has 3 nitrogen and oxygen atoms in total. The first-order chi connectivity index (χ1) is 9.00. The molecule has 0 saturated heterocycles. The number of amides is 1. The van der Waals surface area contributed by atoms with Gasteiger partial charge in [0.15, 0.2) is 0 Å². The Kier molecular flexibility index (Phi) is 4.50. The predicted octanol–water partition coefficient (Wildman–Crippen LogP) is 3.81. The number of aromatic hydroxyl groups is 1. The van der Waals surface area contributed by atoms with Crippen LogP contribution in [0.4, 0.5) is 0 Å². The topological polar surface area (TPSA) is 40.5 Å². The second-order valence-corrected chi connectivity index (χ2v) is 6.32. The summed E-state index contributed by atoms with van der Waals surface area (Å²) >= 11 is 3.28. The first-order valence-electron chi connectivity index (χ1n) is 6.76. The number of hydrogen-bond donors (Lipinski definition) is 1. The molecule has 0 bridgehead atoms. The van der Waals surface area contributed by atoms with Crippen molar-refractivity contribution in [2.24, 2.45) is 5.92 Å². The molecule has 0 spiro atoms. The molecule has 2 unspecified atom stereocenters. The van der Waals surface area contributed by atoms with E-state index in [1.54, 1.807) is 23.1 Å².